The third kappa shape index (κ3) is 3.90. The number of rotatable bonds is 6. The minimum absolute atomic E-state index is 0.0350. The Morgan fingerprint density at radius 1 is 1.25 bits per heavy atom. The van der Waals surface area contributed by atoms with Crippen molar-refractivity contribution in [3.8, 4) is 5.88 Å². The summed E-state index contributed by atoms with van der Waals surface area (Å²) < 4.78 is 5.48. The van der Waals surface area contributed by atoms with Crippen LogP contribution < -0.4 is 20.9 Å². The summed E-state index contributed by atoms with van der Waals surface area (Å²) in [5.41, 5.74) is 8.30. The molecule has 0 bridgehead atoms. The molecule has 2 unspecified atom stereocenters. The molecule has 2 heterocycles. The molecule has 1 aliphatic rings. The quantitative estimate of drug-likeness (QED) is 0.753. The number of hydrazine groups is 1. The zero-order valence-corrected chi connectivity index (χ0v) is 13.7. The van der Waals surface area contributed by atoms with Crippen molar-refractivity contribution in [2.24, 2.45) is 0 Å². The number of carbonyl (C=O) groups is 1. The van der Waals surface area contributed by atoms with Crippen LogP contribution in [0.15, 0.2) is 48.7 Å². The number of hydrogen-bond donors (Lipinski definition) is 3. The van der Waals surface area contributed by atoms with Crippen LogP contribution in [0.25, 0.3) is 0 Å². The molecular weight excluding hydrogens is 304 g/mol. The molecule has 1 amide bonds. The van der Waals surface area contributed by atoms with Crippen molar-refractivity contribution in [3.63, 3.8) is 0 Å². The Labute approximate surface area is 141 Å². The number of carbonyl (C=O) groups excluding carboxylic acids is 1. The average Bonchev–Trinajstić information content (AvgIpc) is 3.12. The number of nitrogens with zero attached hydrogens (tertiary/aromatic N) is 1. The van der Waals surface area contributed by atoms with Crippen LogP contribution in [0, 0.1) is 0 Å². The summed E-state index contributed by atoms with van der Waals surface area (Å²) in [6.07, 6.45) is 2.39. The molecule has 2 atom stereocenters. The molecule has 1 aliphatic heterocycles. The Balaban J connectivity index is 1.55. The summed E-state index contributed by atoms with van der Waals surface area (Å²) in [5.74, 6) is 0.534. The van der Waals surface area contributed by atoms with E-state index in [9.17, 15) is 4.79 Å². The van der Waals surface area contributed by atoms with Crippen LogP contribution in [-0.4, -0.2) is 23.5 Å². The molecule has 126 valence electrons. The van der Waals surface area contributed by atoms with E-state index in [1.807, 2.05) is 37.3 Å². The molecule has 1 aromatic carbocycles. The van der Waals surface area contributed by atoms with Crippen molar-refractivity contribution >= 4 is 5.91 Å². The maximum absolute atomic E-state index is 12.4. The van der Waals surface area contributed by atoms with Crippen molar-refractivity contribution < 1.29 is 9.53 Å². The lowest BCUT2D eigenvalue weighted by Gasteiger charge is -2.12. The van der Waals surface area contributed by atoms with Crippen LogP contribution in [0.4, 0.5) is 0 Å². The number of benzene rings is 1. The lowest BCUT2D eigenvalue weighted by molar-refractivity contribution is -0.123. The Morgan fingerprint density at radius 2 is 2.08 bits per heavy atom. The minimum atomic E-state index is -0.262. The molecule has 0 radical (unpaired) electrons. The van der Waals surface area contributed by atoms with Crippen molar-refractivity contribution in [3.05, 3.63) is 59.8 Å². The van der Waals surface area contributed by atoms with Gasteiger partial charge in [-0.15, -0.1) is 0 Å². The fourth-order valence-corrected chi connectivity index (χ4v) is 2.76. The highest BCUT2D eigenvalue weighted by atomic mass is 16.5. The third-order valence-corrected chi connectivity index (χ3v) is 4.01. The Bertz CT molecular complexity index is 678. The molecule has 0 saturated carbocycles. The van der Waals surface area contributed by atoms with E-state index in [1.54, 1.807) is 6.20 Å². The van der Waals surface area contributed by atoms with Crippen LogP contribution in [0.1, 0.15) is 30.5 Å². The standard InChI is InChI=1S/C18H22N4O2/c1-2-24-18-14(9-6-10-19-18)12-20-17(23)16-11-15(21-22-16)13-7-4-3-5-8-13/h3-10,15-16,21-22H,2,11-12H2,1H3,(H,20,23). The van der Waals surface area contributed by atoms with Gasteiger partial charge in [-0.25, -0.2) is 15.8 Å². The molecule has 3 N–H and O–H groups in total. The number of amides is 1. The van der Waals surface area contributed by atoms with E-state index in [2.05, 4.69) is 33.3 Å². The van der Waals surface area contributed by atoms with Crippen LogP contribution in [0.5, 0.6) is 5.88 Å². The summed E-state index contributed by atoms with van der Waals surface area (Å²) in [6, 6.07) is 13.7. The number of hydrogen-bond acceptors (Lipinski definition) is 5. The first-order valence-electron chi connectivity index (χ1n) is 8.18. The zero-order valence-electron chi connectivity index (χ0n) is 13.7. The molecular formula is C18H22N4O2. The first kappa shape index (κ1) is 16.4. The van der Waals surface area contributed by atoms with Gasteiger partial charge in [0.1, 0.15) is 6.04 Å². The van der Waals surface area contributed by atoms with Crippen molar-refractivity contribution in [1.82, 2.24) is 21.2 Å². The fraction of sp³-hybridized carbons (Fsp3) is 0.333. The van der Waals surface area contributed by atoms with E-state index < -0.39 is 0 Å². The molecule has 0 spiro atoms. The van der Waals surface area contributed by atoms with Crippen molar-refractivity contribution in [2.45, 2.75) is 32.0 Å². The highest BCUT2D eigenvalue weighted by Crippen LogP contribution is 2.22. The molecule has 0 aliphatic carbocycles. The molecule has 6 heteroatoms. The first-order valence-corrected chi connectivity index (χ1v) is 8.18. The minimum Gasteiger partial charge on any atom is -0.478 e. The van der Waals surface area contributed by atoms with Crippen LogP contribution in [0.3, 0.4) is 0 Å². The van der Waals surface area contributed by atoms with E-state index in [-0.39, 0.29) is 18.0 Å². The highest BCUT2D eigenvalue weighted by Gasteiger charge is 2.29. The second-order valence-electron chi connectivity index (χ2n) is 5.66. The molecule has 3 rings (SSSR count). The molecule has 2 aromatic rings. The third-order valence-electron chi connectivity index (χ3n) is 4.01. The number of pyridine rings is 1. The lowest BCUT2D eigenvalue weighted by atomic mass is 10.0. The molecule has 1 saturated heterocycles. The van der Waals surface area contributed by atoms with E-state index in [0.717, 1.165) is 5.56 Å². The van der Waals surface area contributed by atoms with Gasteiger partial charge < -0.3 is 10.1 Å². The predicted octanol–water partition coefficient (Wildman–Crippen LogP) is 1.70. The molecule has 1 fully saturated rings. The maximum atomic E-state index is 12.4. The first-order chi connectivity index (χ1) is 11.8. The number of aromatic nitrogens is 1. The smallest absolute Gasteiger partial charge is 0.238 e. The Kier molecular flexibility index (Phi) is 5.40. The van der Waals surface area contributed by atoms with Gasteiger partial charge in [0.05, 0.1) is 6.61 Å². The Morgan fingerprint density at radius 3 is 2.88 bits per heavy atom. The summed E-state index contributed by atoms with van der Waals surface area (Å²) in [7, 11) is 0. The molecule has 1 aromatic heterocycles. The van der Waals surface area contributed by atoms with Crippen LogP contribution >= 0.6 is 0 Å². The molecule has 6 nitrogen and oxygen atoms in total. The van der Waals surface area contributed by atoms with Gasteiger partial charge in [-0.1, -0.05) is 36.4 Å². The predicted molar refractivity (Wildman–Crippen MR) is 91.1 cm³/mol. The van der Waals surface area contributed by atoms with Gasteiger partial charge >= 0.3 is 0 Å². The zero-order chi connectivity index (χ0) is 16.8. The van der Waals surface area contributed by atoms with E-state index in [4.69, 9.17) is 4.74 Å². The monoisotopic (exact) mass is 326 g/mol. The summed E-state index contributed by atoms with van der Waals surface area (Å²) >= 11 is 0. The number of nitrogens with one attached hydrogen (secondary N) is 3. The lowest BCUT2D eigenvalue weighted by Crippen LogP contribution is -2.42. The summed E-state index contributed by atoms with van der Waals surface area (Å²) in [6.45, 7) is 2.86. The van der Waals surface area contributed by atoms with Gasteiger partial charge in [0.2, 0.25) is 11.8 Å². The van der Waals surface area contributed by atoms with Crippen LogP contribution in [0.2, 0.25) is 0 Å². The Hall–Kier alpha value is -2.44. The maximum Gasteiger partial charge on any atom is 0.238 e. The van der Waals surface area contributed by atoms with E-state index in [0.29, 0.717) is 25.5 Å². The van der Waals surface area contributed by atoms with Gasteiger partial charge in [0.25, 0.3) is 0 Å². The van der Waals surface area contributed by atoms with Crippen LogP contribution in [-0.2, 0) is 11.3 Å². The normalized spacial score (nSPS) is 19.9. The topological polar surface area (TPSA) is 75.3 Å². The highest BCUT2D eigenvalue weighted by molar-refractivity contribution is 5.82. The largest absolute Gasteiger partial charge is 0.478 e. The van der Waals surface area contributed by atoms with E-state index in [1.165, 1.54) is 5.56 Å². The van der Waals surface area contributed by atoms with Crippen molar-refractivity contribution in [2.75, 3.05) is 6.61 Å². The van der Waals surface area contributed by atoms with Crippen molar-refractivity contribution in [1.29, 1.82) is 0 Å². The average molecular weight is 326 g/mol. The van der Waals surface area contributed by atoms with E-state index >= 15 is 0 Å². The molecule has 24 heavy (non-hydrogen) atoms. The van der Waals surface area contributed by atoms with Gasteiger partial charge in [0, 0.05) is 24.3 Å². The SMILES string of the molecule is CCOc1ncccc1CNC(=O)C1CC(c2ccccc2)NN1. The second-order valence-corrected chi connectivity index (χ2v) is 5.66. The van der Waals surface area contributed by atoms with Gasteiger partial charge in [0.15, 0.2) is 0 Å². The summed E-state index contributed by atoms with van der Waals surface area (Å²) in [4.78, 5) is 16.6. The van der Waals surface area contributed by atoms with Gasteiger partial charge in [-0.05, 0) is 25.0 Å². The number of ether oxygens (including phenoxy) is 1. The summed E-state index contributed by atoms with van der Waals surface area (Å²) in [5, 5.41) is 2.95. The second kappa shape index (κ2) is 7.90. The fourth-order valence-electron chi connectivity index (χ4n) is 2.76. The van der Waals surface area contributed by atoms with Gasteiger partial charge in [-0.2, -0.15) is 0 Å². The van der Waals surface area contributed by atoms with Gasteiger partial charge in [-0.3, -0.25) is 4.79 Å².